The highest BCUT2D eigenvalue weighted by Crippen LogP contribution is 2.63. The molecule has 0 aromatic carbocycles. The lowest BCUT2D eigenvalue weighted by Crippen LogP contribution is -2.45. The minimum Gasteiger partial charge on any atom is -0.347 e. The van der Waals surface area contributed by atoms with E-state index in [1.807, 2.05) is 6.92 Å². The molecule has 3 aliphatic carbocycles. The van der Waals surface area contributed by atoms with Gasteiger partial charge >= 0.3 is 0 Å². The lowest BCUT2D eigenvalue weighted by atomic mass is 9.68. The van der Waals surface area contributed by atoms with Crippen LogP contribution in [-0.4, -0.2) is 24.5 Å². The predicted molar refractivity (Wildman–Crippen MR) is 59.7 cm³/mol. The molecule has 16 heavy (non-hydrogen) atoms. The van der Waals surface area contributed by atoms with Crippen LogP contribution in [0.2, 0.25) is 0 Å². The summed E-state index contributed by atoms with van der Waals surface area (Å²) in [5, 5.41) is 0. The molecule has 1 spiro atoms. The quantitative estimate of drug-likeness (QED) is 0.679. The topological polar surface area (TPSA) is 44.5 Å². The Bertz CT molecular complexity index is 301. The van der Waals surface area contributed by atoms with Crippen molar-refractivity contribution in [2.24, 2.45) is 23.0 Å². The van der Waals surface area contributed by atoms with Crippen LogP contribution in [0.4, 0.5) is 0 Å². The number of hydrogen-bond acceptors (Lipinski definition) is 3. The van der Waals surface area contributed by atoms with E-state index in [9.17, 15) is 0 Å². The molecule has 0 radical (unpaired) electrons. The van der Waals surface area contributed by atoms with Crippen molar-refractivity contribution in [1.29, 1.82) is 0 Å². The third-order valence-electron chi connectivity index (χ3n) is 5.77. The predicted octanol–water partition coefficient (Wildman–Crippen LogP) is 1.65. The first-order chi connectivity index (χ1) is 7.69. The Balaban J connectivity index is 1.62. The van der Waals surface area contributed by atoms with Crippen molar-refractivity contribution in [3.63, 3.8) is 0 Å². The van der Waals surface area contributed by atoms with E-state index in [-0.39, 0.29) is 6.29 Å². The Morgan fingerprint density at radius 2 is 1.81 bits per heavy atom. The van der Waals surface area contributed by atoms with Crippen LogP contribution in [0.3, 0.4) is 0 Å². The van der Waals surface area contributed by atoms with Crippen molar-refractivity contribution in [2.75, 3.05) is 0 Å². The van der Waals surface area contributed by atoms with E-state index in [0.29, 0.717) is 23.7 Å². The Morgan fingerprint density at radius 3 is 2.38 bits per heavy atom. The van der Waals surface area contributed by atoms with E-state index in [4.69, 9.17) is 15.2 Å². The molecule has 3 saturated carbocycles. The fourth-order valence-corrected chi connectivity index (χ4v) is 5.10. The second-order valence-corrected chi connectivity index (χ2v) is 6.35. The van der Waals surface area contributed by atoms with Crippen LogP contribution in [-0.2, 0) is 9.47 Å². The zero-order valence-corrected chi connectivity index (χ0v) is 9.89. The molecule has 0 aromatic rings. The van der Waals surface area contributed by atoms with Gasteiger partial charge in [0.05, 0.1) is 12.2 Å². The maximum absolute atomic E-state index is 6.49. The monoisotopic (exact) mass is 223 g/mol. The molecule has 4 aliphatic rings. The summed E-state index contributed by atoms with van der Waals surface area (Å²) in [5.74, 6) is 1.65. The highest BCUT2D eigenvalue weighted by atomic mass is 16.7. The fraction of sp³-hybridized carbons (Fsp3) is 1.00. The number of fused-ring (bicyclic) bond motifs is 4. The van der Waals surface area contributed by atoms with Crippen LogP contribution in [0.5, 0.6) is 0 Å². The van der Waals surface area contributed by atoms with E-state index in [1.54, 1.807) is 0 Å². The molecular weight excluding hydrogens is 202 g/mol. The van der Waals surface area contributed by atoms with E-state index >= 15 is 0 Å². The molecule has 0 amide bonds. The molecule has 1 aliphatic heterocycles. The van der Waals surface area contributed by atoms with Crippen LogP contribution in [0.15, 0.2) is 0 Å². The van der Waals surface area contributed by atoms with Gasteiger partial charge in [-0.05, 0) is 56.3 Å². The molecule has 4 fully saturated rings. The summed E-state index contributed by atoms with van der Waals surface area (Å²) in [6, 6.07) is 0.416. The zero-order valence-electron chi connectivity index (χ0n) is 9.89. The Morgan fingerprint density at radius 1 is 1.12 bits per heavy atom. The van der Waals surface area contributed by atoms with E-state index < -0.39 is 0 Å². The van der Waals surface area contributed by atoms with E-state index in [2.05, 4.69) is 0 Å². The standard InChI is InChI=1S/C13H21NO2/c1-7-15-10-5-13(6-11(10)16-7)9-3-2-8(4-9)12(13)14/h7-12H,2-6,14H2,1H3/t7?,8?,9-,10-,11-,12+,13?/m0/s1. The molecule has 0 aromatic heterocycles. The first kappa shape index (κ1) is 9.86. The molecule has 4 rings (SSSR count). The molecule has 1 heterocycles. The van der Waals surface area contributed by atoms with Gasteiger partial charge in [-0.3, -0.25) is 0 Å². The van der Waals surface area contributed by atoms with Gasteiger partial charge in [-0.2, -0.15) is 0 Å². The summed E-state index contributed by atoms with van der Waals surface area (Å²) < 4.78 is 11.7. The van der Waals surface area contributed by atoms with Gasteiger partial charge in [0.1, 0.15) is 0 Å². The largest absolute Gasteiger partial charge is 0.347 e. The lowest BCUT2D eigenvalue weighted by molar-refractivity contribution is -0.0774. The van der Waals surface area contributed by atoms with Crippen molar-refractivity contribution >= 4 is 0 Å². The smallest absolute Gasteiger partial charge is 0.155 e. The minimum absolute atomic E-state index is 0.00200. The highest BCUT2D eigenvalue weighted by Gasteiger charge is 2.63. The van der Waals surface area contributed by atoms with Crippen molar-refractivity contribution in [3.8, 4) is 0 Å². The number of nitrogens with two attached hydrogens (primary N) is 1. The maximum atomic E-state index is 6.49. The van der Waals surface area contributed by atoms with Gasteiger partial charge in [-0.25, -0.2) is 0 Å². The fourth-order valence-electron chi connectivity index (χ4n) is 5.10. The molecule has 1 saturated heterocycles. The summed E-state index contributed by atoms with van der Waals surface area (Å²) in [6.45, 7) is 2.01. The summed E-state index contributed by atoms with van der Waals surface area (Å²) in [5.41, 5.74) is 6.86. The van der Waals surface area contributed by atoms with Gasteiger partial charge in [0, 0.05) is 6.04 Å². The van der Waals surface area contributed by atoms with E-state index in [1.165, 1.54) is 19.3 Å². The number of rotatable bonds is 0. The van der Waals surface area contributed by atoms with Gasteiger partial charge in [0.2, 0.25) is 0 Å². The zero-order chi connectivity index (χ0) is 10.9. The van der Waals surface area contributed by atoms with Gasteiger partial charge in [-0.15, -0.1) is 0 Å². The lowest BCUT2D eigenvalue weighted by Gasteiger charge is -2.39. The molecule has 5 atom stereocenters. The first-order valence-electron chi connectivity index (χ1n) is 6.75. The number of ether oxygens (including phenoxy) is 2. The Hall–Kier alpha value is -0.120. The van der Waals surface area contributed by atoms with Gasteiger partial charge in [0.15, 0.2) is 6.29 Å². The molecule has 90 valence electrons. The van der Waals surface area contributed by atoms with Gasteiger partial charge in [0.25, 0.3) is 0 Å². The summed E-state index contributed by atoms with van der Waals surface area (Å²) in [4.78, 5) is 0. The number of hydrogen-bond donors (Lipinski definition) is 1. The molecular formula is C13H21NO2. The minimum atomic E-state index is 0.00200. The third-order valence-corrected chi connectivity index (χ3v) is 5.77. The average molecular weight is 223 g/mol. The van der Waals surface area contributed by atoms with Crippen LogP contribution in [0, 0.1) is 17.3 Å². The van der Waals surface area contributed by atoms with Gasteiger partial charge < -0.3 is 15.2 Å². The van der Waals surface area contributed by atoms with Crippen LogP contribution in [0.25, 0.3) is 0 Å². The second-order valence-electron chi connectivity index (χ2n) is 6.35. The first-order valence-corrected chi connectivity index (χ1v) is 6.75. The average Bonchev–Trinajstić information content (AvgIpc) is 2.89. The van der Waals surface area contributed by atoms with Crippen molar-refractivity contribution in [3.05, 3.63) is 0 Å². The van der Waals surface area contributed by atoms with E-state index in [0.717, 1.165) is 24.7 Å². The highest BCUT2D eigenvalue weighted by molar-refractivity contribution is 5.14. The van der Waals surface area contributed by atoms with Gasteiger partial charge in [-0.1, -0.05) is 0 Å². The molecule has 2 N–H and O–H groups in total. The maximum Gasteiger partial charge on any atom is 0.155 e. The van der Waals surface area contributed by atoms with Crippen molar-refractivity contribution < 1.29 is 9.47 Å². The summed E-state index contributed by atoms with van der Waals surface area (Å²) in [6.07, 6.45) is 7.11. The van der Waals surface area contributed by atoms with Crippen LogP contribution < -0.4 is 5.73 Å². The third kappa shape index (κ3) is 1.05. The second kappa shape index (κ2) is 3.01. The Labute approximate surface area is 96.7 Å². The summed E-state index contributed by atoms with van der Waals surface area (Å²) >= 11 is 0. The molecule has 3 heteroatoms. The van der Waals surface area contributed by atoms with Crippen molar-refractivity contribution in [1.82, 2.24) is 0 Å². The Kier molecular flexibility index (Phi) is 1.85. The molecule has 3 nitrogen and oxygen atoms in total. The summed E-state index contributed by atoms with van der Waals surface area (Å²) in [7, 11) is 0. The molecule has 2 bridgehead atoms. The normalized spacial score (nSPS) is 54.0. The van der Waals surface area contributed by atoms with Crippen molar-refractivity contribution in [2.45, 2.75) is 63.6 Å². The van der Waals surface area contributed by atoms with Crippen LogP contribution >= 0.6 is 0 Å². The SMILES string of the molecule is CC1O[C@H]2CC3(C[C@@H]2O1)[C@H]1CCC(C1)[C@H]3N. The van der Waals surface area contributed by atoms with Crippen LogP contribution in [0.1, 0.15) is 39.0 Å². The molecule has 1 unspecified atom stereocenters.